The second-order valence-corrected chi connectivity index (χ2v) is 6.95. The molecule has 24 heavy (non-hydrogen) atoms. The van der Waals surface area contributed by atoms with Crippen LogP contribution in [0.25, 0.3) is 0 Å². The molecule has 1 aliphatic heterocycles. The monoisotopic (exact) mass is 352 g/mol. The summed E-state index contributed by atoms with van der Waals surface area (Å²) in [5.74, 6) is 0.796. The molecule has 134 valence electrons. The first-order valence-electron chi connectivity index (χ1n) is 8.54. The molecule has 0 saturated carbocycles. The van der Waals surface area contributed by atoms with Crippen LogP contribution in [0.5, 0.6) is 0 Å². The van der Waals surface area contributed by atoms with Crippen LogP contribution in [0.1, 0.15) is 31.2 Å². The van der Waals surface area contributed by atoms with Crippen molar-refractivity contribution in [3.8, 4) is 0 Å². The Bertz CT molecular complexity index is 490. The van der Waals surface area contributed by atoms with Gasteiger partial charge in [-0.05, 0) is 44.5 Å². The van der Waals surface area contributed by atoms with Crippen molar-refractivity contribution >= 4 is 17.7 Å². The molecule has 1 aromatic heterocycles. The summed E-state index contributed by atoms with van der Waals surface area (Å²) in [7, 11) is 1.64. The fourth-order valence-electron chi connectivity index (χ4n) is 2.94. The number of likely N-dealkylation sites (tertiary alicyclic amines) is 1. The number of rotatable bonds is 9. The van der Waals surface area contributed by atoms with Crippen LogP contribution in [0.2, 0.25) is 0 Å². The minimum absolute atomic E-state index is 0.139. The van der Waals surface area contributed by atoms with Crippen LogP contribution in [-0.4, -0.2) is 60.4 Å². The smallest absolute Gasteiger partial charge is 0.220 e. The van der Waals surface area contributed by atoms with Gasteiger partial charge in [0.2, 0.25) is 5.91 Å². The Morgan fingerprint density at radius 1 is 1.38 bits per heavy atom. The highest BCUT2D eigenvalue weighted by Gasteiger charge is 2.20. The van der Waals surface area contributed by atoms with Gasteiger partial charge in [-0.2, -0.15) is 0 Å². The van der Waals surface area contributed by atoms with E-state index < -0.39 is 0 Å². The Morgan fingerprint density at radius 3 is 2.71 bits per heavy atom. The number of hydrogen-bond donors (Lipinski definition) is 1. The number of nitrogens with zero attached hydrogens (tertiary/aromatic N) is 3. The van der Waals surface area contributed by atoms with Crippen molar-refractivity contribution in [3.05, 3.63) is 18.0 Å². The molecule has 0 bridgehead atoms. The van der Waals surface area contributed by atoms with Gasteiger partial charge in [0.1, 0.15) is 0 Å². The fraction of sp³-hybridized carbons (Fsp3) is 0.706. The van der Waals surface area contributed by atoms with Gasteiger partial charge in [-0.1, -0.05) is 11.8 Å². The van der Waals surface area contributed by atoms with E-state index in [2.05, 4.69) is 20.2 Å². The van der Waals surface area contributed by atoms with Crippen LogP contribution in [0.15, 0.2) is 17.6 Å². The molecule has 1 N–H and O–H groups in total. The zero-order chi connectivity index (χ0) is 17.2. The Hall–Kier alpha value is -1.18. The largest absolute Gasteiger partial charge is 0.383 e. The molecule has 0 aliphatic carbocycles. The van der Waals surface area contributed by atoms with E-state index in [9.17, 15) is 4.79 Å². The van der Waals surface area contributed by atoms with Crippen molar-refractivity contribution in [2.45, 2.75) is 37.4 Å². The second kappa shape index (κ2) is 10.6. The van der Waals surface area contributed by atoms with Gasteiger partial charge in [0.15, 0.2) is 5.16 Å². The van der Waals surface area contributed by atoms with Gasteiger partial charge in [-0.15, -0.1) is 0 Å². The normalized spacial score (nSPS) is 16.2. The molecule has 0 unspecified atom stereocenters. The predicted octanol–water partition coefficient (Wildman–Crippen LogP) is 1.95. The maximum absolute atomic E-state index is 11.7. The number of thioether (sulfide) groups is 1. The number of hydrogen-bond acceptors (Lipinski definition) is 6. The van der Waals surface area contributed by atoms with Crippen LogP contribution < -0.4 is 5.32 Å². The molecule has 1 aromatic rings. The fourth-order valence-corrected chi connectivity index (χ4v) is 3.25. The molecule has 1 amide bonds. The van der Waals surface area contributed by atoms with E-state index in [0.29, 0.717) is 25.5 Å². The summed E-state index contributed by atoms with van der Waals surface area (Å²) < 4.78 is 4.93. The van der Waals surface area contributed by atoms with Gasteiger partial charge in [-0.3, -0.25) is 9.69 Å². The lowest BCUT2D eigenvalue weighted by molar-refractivity contribution is -0.121. The summed E-state index contributed by atoms with van der Waals surface area (Å²) in [5, 5.41) is 3.70. The molecule has 0 spiro atoms. The number of amides is 1. The summed E-state index contributed by atoms with van der Waals surface area (Å²) in [4.78, 5) is 22.8. The van der Waals surface area contributed by atoms with Crippen molar-refractivity contribution in [2.75, 3.05) is 39.6 Å². The number of ether oxygens (including phenoxy) is 1. The highest BCUT2D eigenvalue weighted by molar-refractivity contribution is 7.98. The second-order valence-electron chi connectivity index (χ2n) is 6.18. The third kappa shape index (κ3) is 6.75. The molecular formula is C17H28N4O2S. The zero-order valence-electron chi connectivity index (χ0n) is 14.7. The van der Waals surface area contributed by atoms with Crippen LogP contribution in [0.4, 0.5) is 0 Å². The van der Waals surface area contributed by atoms with Crippen molar-refractivity contribution in [1.82, 2.24) is 20.2 Å². The van der Waals surface area contributed by atoms with Gasteiger partial charge in [0.25, 0.3) is 0 Å². The van der Waals surface area contributed by atoms with Gasteiger partial charge >= 0.3 is 0 Å². The van der Waals surface area contributed by atoms with Crippen molar-refractivity contribution in [3.63, 3.8) is 0 Å². The Kier molecular flexibility index (Phi) is 8.49. The lowest BCUT2D eigenvalue weighted by Gasteiger charge is -2.31. The van der Waals surface area contributed by atoms with E-state index >= 15 is 0 Å². The first-order valence-corrected chi connectivity index (χ1v) is 9.76. The predicted molar refractivity (Wildman–Crippen MR) is 95.9 cm³/mol. The molecule has 0 aromatic carbocycles. The quantitative estimate of drug-likeness (QED) is 0.416. The highest BCUT2D eigenvalue weighted by atomic mass is 32.2. The summed E-state index contributed by atoms with van der Waals surface area (Å²) in [6, 6.07) is 0. The van der Waals surface area contributed by atoms with E-state index in [4.69, 9.17) is 4.74 Å². The average Bonchev–Trinajstić information content (AvgIpc) is 2.62. The highest BCUT2D eigenvalue weighted by Crippen LogP contribution is 2.23. The van der Waals surface area contributed by atoms with Gasteiger partial charge in [0.05, 0.1) is 6.61 Å². The zero-order valence-corrected chi connectivity index (χ0v) is 15.5. The number of carbonyl (C=O) groups excluding carboxylic acids is 1. The molecule has 0 radical (unpaired) electrons. The lowest BCUT2D eigenvalue weighted by Crippen LogP contribution is -2.34. The molecule has 1 aliphatic rings. The maximum Gasteiger partial charge on any atom is 0.220 e. The number of carbonyl (C=O) groups is 1. The first-order chi connectivity index (χ1) is 11.7. The van der Waals surface area contributed by atoms with E-state index in [1.807, 2.05) is 18.6 Å². The average molecular weight is 353 g/mol. The first kappa shape index (κ1) is 19.1. The standard InChI is InChI=1S/C17H28N4O2S/c1-23-10-7-18-16(22)4-3-14-5-8-21(9-6-14)13-15-11-19-17(24-2)20-12-15/h11-12,14H,3-10,13H2,1-2H3,(H,18,22). The third-order valence-corrected chi connectivity index (χ3v) is 4.96. The molecular weight excluding hydrogens is 324 g/mol. The molecule has 1 fully saturated rings. The third-order valence-electron chi connectivity index (χ3n) is 4.39. The molecule has 0 atom stereocenters. The maximum atomic E-state index is 11.7. The minimum Gasteiger partial charge on any atom is -0.383 e. The van der Waals surface area contributed by atoms with Crippen LogP contribution in [0, 0.1) is 5.92 Å². The van der Waals surface area contributed by atoms with Crippen LogP contribution in [-0.2, 0) is 16.1 Å². The van der Waals surface area contributed by atoms with E-state index in [1.54, 1.807) is 18.9 Å². The summed E-state index contributed by atoms with van der Waals surface area (Å²) in [6.07, 6.45) is 9.77. The summed E-state index contributed by atoms with van der Waals surface area (Å²) in [5.41, 5.74) is 1.17. The number of aromatic nitrogens is 2. The summed E-state index contributed by atoms with van der Waals surface area (Å²) >= 11 is 1.56. The Morgan fingerprint density at radius 2 is 2.08 bits per heavy atom. The lowest BCUT2D eigenvalue weighted by atomic mass is 9.92. The number of methoxy groups -OCH3 is 1. The number of nitrogens with one attached hydrogen (secondary N) is 1. The van der Waals surface area contributed by atoms with E-state index in [-0.39, 0.29) is 5.91 Å². The van der Waals surface area contributed by atoms with E-state index in [0.717, 1.165) is 44.1 Å². The molecule has 2 heterocycles. The topological polar surface area (TPSA) is 67.3 Å². The van der Waals surface area contributed by atoms with Crippen molar-refractivity contribution < 1.29 is 9.53 Å². The van der Waals surface area contributed by atoms with E-state index in [1.165, 1.54) is 5.56 Å². The van der Waals surface area contributed by atoms with Crippen LogP contribution in [0.3, 0.4) is 0 Å². The summed E-state index contributed by atoms with van der Waals surface area (Å²) in [6.45, 7) is 4.26. The molecule has 2 rings (SSSR count). The Balaban J connectivity index is 1.63. The number of piperidine rings is 1. The molecule has 7 heteroatoms. The van der Waals surface area contributed by atoms with Crippen molar-refractivity contribution in [2.24, 2.45) is 5.92 Å². The molecule has 1 saturated heterocycles. The molecule has 6 nitrogen and oxygen atoms in total. The Labute approximate surface area is 148 Å². The van der Waals surface area contributed by atoms with Crippen LogP contribution >= 0.6 is 11.8 Å². The van der Waals surface area contributed by atoms with Gasteiger partial charge in [0, 0.05) is 44.6 Å². The van der Waals surface area contributed by atoms with Gasteiger partial charge < -0.3 is 10.1 Å². The minimum atomic E-state index is 0.139. The van der Waals surface area contributed by atoms with Gasteiger partial charge in [-0.25, -0.2) is 9.97 Å². The SMILES string of the molecule is COCCNC(=O)CCC1CCN(Cc2cnc(SC)nc2)CC1. The van der Waals surface area contributed by atoms with Crippen molar-refractivity contribution in [1.29, 1.82) is 0 Å².